The summed E-state index contributed by atoms with van der Waals surface area (Å²) in [6, 6.07) is 8.25. The molecule has 1 aromatic carbocycles. The second kappa shape index (κ2) is 19.3. The van der Waals surface area contributed by atoms with E-state index >= 15 is 0 Å². The summed E-state index contributed by atoms with van der Waals surface area (Å²) < 4.78 is 158. The standard InChI is InChI=1S/C22H28F6N2O2.C14H20F6N2O2.CH4.CH3.Pd/c1-15-4-6-16(7-5-15)12-30-14-20(13-19(30,2)3)8-10-29(11-9-20)18(31)32-17(21(23,24)25)22(26,27)28;1-11(2)7-12(8-21-11)3-5-22(6-4-12)10(23)24-9(13(15,16)17)14(18,19)20;;;/h4-7,17H,8-14H2,1-3H3;9,21H,3-8H2,1-2H3;1H4;1H3;/q;;;-1;. The normalized spacial score (nSPS) is 21.3. The van der Waals surface area contributed by atoms with Crippen molar-refractivity contribution in [2.45, 2.75) is 135 Å². The Bertz CT molecular complexity index is 1490. The number of nitrogens with one attached hydrogen (secondary N) is 1. The van der Waals surface area contributed by atoms with Gasteiger partial charge in [0, 0.05) is 77.3 Å². The Kier molecular flexibility index (Phi) is 17.8. The zero-order chi connectivity index (χ0) is 42.3. The van der Waals surface area contributed by atoms with Crippen molar-refractivity contribution < 1.29 is 92.2 Å². The Morgan fingerprint density at radius 3 is 1.39 bits per heavy atom. The van der Waals surface area contributed by atoms with Crippen molar-refractivity contribution >= 4 is 12.2 Å². The molecule has 0 radical (unpaired) electrons. The third kappa shape index (κ3) is 14.3. The van der Waals surface area contributed by atoms with E-state index < -0.39 is 49.1 Å². The average molecular weight is 966 g/mol. The predicted octanol–water partition coefficient (Wildman–Crippen LogP) is 10.2. The first kappa shape index (κ1) is 54.5. The van der Waals surface area contributed by atoms with E-state index in [9.17, 15) is 62.3 Å². The maximum Gasteiger partial charge on any atom is 0.434 e. The fraction of sp³-hybridized carbons (Fsp3) is 0.763. The van der Waals surface area contributed by atoms with Crippen LogP contribution in [-0.2, 0) is 36.4 Å². The minimum atomic E-state index is -5.71. The van der Waals surface area contributed by atoms with Gasteiger partial charge in [-0.2, -0.15) is 52.7 Å². The van der Waals surface area contributed by atoms with Gasteiger partial charge in [-0.15, -0.1) is 0 Å². The van der Waals surface area contributed by atoms with Gasteiger partial charge in [-0.25, -0.2) is 9.59 Å². The molecule has 4 aliphatic heterocycles. The molecule has 4 fully saturated rings. The topological polar surface area (TPSA) is 74.4 Å². The van der Waals surface area contributed by atoms with Gasteiger partial charge in [0.05, 0.1) is 0 Å². The van der Waals surface area contributed by atoms with E-state index in [-0.39, 0.29) is 83.4 Å². The number of ether oxygens (including phenoxy) is 2. The smallest absolute Gasteiger partial charge is 0.426 e. The Balaban J connectivity index is 0.000000582. The van der Waals surface area contributed by atoms with Crippen LogP contribution in [0.4, 0.5) is 62.3 Å². The number of carbonyl (C=O) groups excluding carboxylic acids is 2. The molecule has 0 aromatic heterocycles. The fourth-order valence-electron chi connectivity index (χ4n) is 8.38. The molecule has 2 spiro atoms. The molecule has 0 saturated carbocycles. The largest absolute Gasteiger partial charge is 0.434 e. The van der Waals surface area contributed by atoms with Gasteiger partial charge in [-0.05, 0) is 89.5 Å². The maximum atomic E-state index is 12.7. The zero-order valence-corrected chi connectivity index (χ0v) is 34.5. The average Bonchev–Trinajstić information content (AvgIpc) is 3.47. The Labute approximate surface area is 351 Å². The summed E-state index contributed by atoms with van der Waals surface area (Å²) in [5.74, 6) is 0. The van der Waals surface area contributed by atoms with Gasteiger partial charge in [0.2, 0.25) is 0 Å². The first-order chi connectivity index (χ1) is 25.4. The number of alkyl halides is 12. The molecule has 0 atom stereocenters. The van der Waals surface area contributed by atoms with Crippen molar-refractivity contribution in [1.82, 2.24) is 20.0 Å². The number of benzene rings is 1. The van der Waals surface area contributed by atoms with Crippen LogP contribution < -0.4 is 5.32 Å². The van der Waals surface area contributed by atoms with E-state index in [1.807, 2.05) is 32.9 Å². The monoisotopic (exact) mass is 965 g/mol. The number of hydrogen-bond donors (Lipinski definition) is 1. The third-order valence-corrected chi connectivity index (χ3v) is 11.2. The minimum absolute atomic E-state index is 0. The molecular weight excluding hydrogens is 911 g/mol. The fourth-order valence-corrected chi connectivity index (χ4v) is 8.38. The van der Waals surface area contributed by atoms with Crippen LogP contribution >= 0.6 is 0 Å². The Morgan fingerprint density at radius 1 is 0.678 bits per heavy atom. The number of rotatable bonds is 4. The summed E-state index contributed by atoms with van der Waals surface area (Å²) in [5, 5.41) is 3.34. The number of aryl methyl sites for hydroxylation is 1. The predicted molar refractivity (Wildman–Crippen MR) is 191 cm³/mol. The number of hydrogen-bond acceptors (Lipinski definition) is 6. The SMILES string of the molecule is C.CC1(C)CC2(CCN(C(=O)OC(C(F)(F)F)C(F)(F)F)CC2)CN1.Cc1ccc(CN2CC3(CCN(C(=O)OC(C(F)(F)F)C(F)(F)F)CC3)CC2(C)C)cc1.[CH3-].[Pd]. The molecule has 2 amide bonds. The van der Waals surface area contributed by atoms with E-state index in [1.165, 1.54) is 11.1 Å². The van der Waals surface area contributed by atoms with Crippen molar-refractivity contribution in [2.75, 3.05) is 39.3 Å². The first-order valence-electron chi connectivity index (χ1n) is 18.1. The molecule has 346 valence electrons. The third-order valence-electron chi connectivity index (χ3n) is 11.2. The van der Waals surface area contributed by atoms with Crippen LogP contribution in [0.2, 0.25) is 0 Å². The molecule has 0 bridgehead atoms. The summed E-state index contributed by atoms with van der Waals surface area (Å²) in [5.41, 5.74) is 1.94. The van der Waals surface area contributed by atoms with Crippen LogP contribution in [0.5, 0.6) is 0 Å². The molecule has 59 heavy (non-hydrogen) atoms. The summed E-state index contributed by atoms with van der Waals surface area (Å²) >= 11 is 0. The summed E-state index contributed by atoms with van der Waals surface area (Å²) in [6.45, 7) is 12.9. The number of halogens is 12. The van der Waals surface area contributed by atoms with Crippen LogP contribution in [0, 0.1) is 25.2 Å². The molecule has 4 saturated heterocycles. The van der Waals surface area contributed by atoms with Gasteiger partial charge < -0.3 is 32.0 Å². The van der Waals surface area contributed by atoms with E-state index in [4.69, 9.17) is 0 Å². The van der Waals surface area contributed by atoms with Crippen molar-refractivity contribution in [3.8, 4) is 0 Å². The molecule has 5 rings (SSSR count). The number of likely N-dealkylation sites (tertiary alicyclic amines) is 3. The second-order valence-corrected chi connectivity index (χ2v) is 16.9. The molecule has 21 heteroatoms. The molecule has 4 aliphatic rings. The van der Waals surface area contributed by atoms with Gasteiger partial charge in [0.1, 0.15) is 0 Å². The molecule has 0 unspecified atom stereocenters. The summed E-state index contributed by atoms with van der Waals surface area (Å²) in [6.07, 6.45) is -30.5. The maximum absolute atomic E-state index is 12.7. The number of carbonyl (C=O) groups is 2. The van der Waals surface area contributed by atoms with Crippen molar-refractivity contribution in [3.63, 3.8) is 0 Å². The summed E-state index contributed by atoms with van der Waals surface area (Å²) in [4.78, 5) is 28.0. The van der Waals surface area contributed by atoms with Crippen LogP contribution in [0.3, 0.4) is 0 Å². The zero-order valence-electron chi connectivity index (χ0n) is 33.0. The molecule has 0 aliphatic carbocycles. The van der Waals surface area contributed by atoms with Gasteiger partial charge >= 0.3 is 36.9 Å². The Morgan fingerprint density at radius 2 is 1.05 bits per heavy atom. The summed E-state index contributed by atoms with van der Waals surface area (Å²) in [7, 11) is 0. The second-order valence-electron chi connectivity index (χ2n) is 16.9. The molecular formula is C38H55F12N4O4Pd-. The molecule has 1 aromatic rings. The van der Waals surface area contributed by atoms with Gasteiger partial charge in [-0.3, -0.25) is 4.90 Å². The van der Waals surface area contributed by atoms with Crippen molar-refractivity contribution in [2.24, 2.45) is 10.8 Å². The van der Waals surface area contributed by atoms with Gasteiger partial charge in [0.25, 0.3) is 12.2 Å². The van der Waals surface area contributed by atoms with Crippen LogP contribution in [0.1, 0.15) is 84.8 Å². The van der Waals surface area contributed by atoms with Crippen LogP contribution in [0.15, 0.2) is 24.3 Å². The van der Waals surface area contributed by atoms with E-state index in [0.29, 0.717) is 25.7 Å². The molecule has 8 nitrogen and oxygen atoms in total. The number of nitrogens with zero attached hydrogens (tertiary/aromatic N) is 3. The molecule has 1 N–H and O–H groups in total. The van der Waals surface area contributed by atoms with Crippen molar-refractivity contribution in [1.29, 1.82) is 0 Å². The number of piperidine rings is 2. The van der Waals surface area contributed by atoms with E-state index in [1.54, 1.807) is 0 Å². The first-order valence-corrected chi connectivity index (χ1v) is 18.1. The van der Waals surface area contributed by atoms with Gasteiger partial charge in [-0.1, -0.05) is 37.3 Å². The van der Waals surface area contributed by atoms with E-state index in [2.05, 4.69) is 45.7 Å². The number of amides is 2. The minimum Gasteiger partial charge on any atom is -0.426 e. The van der Waals surface area contributed by atoms with Crippen LogP contribution in [0.25, 0.3) is 0 Å². The van der Waals surface area contributed by atoms with Crippen molar-refractivity contribution in [3.05, 3.63) is 42.8 Å². The van der Waals surface area contributed by atoms with E-state index in [0.717, 1.165) is 42.3 Å². The Hall–Kier alpha value is -2.50. The van der Waals surface area contributed by atoms with Gasteiger partial charge in [0.15, 0.2) is 0 Å². The quantitative estimate of drug-likeness (QED) is 0.184. The molecule has 4 heterocycles. The van der Waals surface area contributed by atoms with Crippen LogP contribution in [-0.4, -0.2) is 114 Å².